The standard InChI is InChI=1S/C22H24F2N4O4/c1-11(2)10-28-18-17(20(30)27-22(28)31)15(9-16(26-18)12(3)4)19(29)25-13-6-5-7-14(8-13)32-21(23)24/h5-9,11-12,21H,10H2,1-4H3,(H,25,29)(H,27,30,31). The van der Waals surface area contributed by atoms with Crippen molar-refractivity contribution in [2.75, 3.05) is 5.32 Å². The highest BCUT2D eigenvalue weighted by molar-refractivity contribution is 6.11. The van der Waals surface area contributed by atoms with Crippen LogP contribution in [0.5, 0.6) is 5.75 Å². The van der Waals surface area contributed by atoms with Crippen molar-refractivity contribution in [3.63, 3.8) is 0 Å². The summed E-state index contributed by atoms with van der Waals surface area (Å²) in [5, 5.41) is 2.58. The summed E-state index contributed by atoms with van der Waals surface area (Å²) in [7, 11) is 0. The number of ether oxygens (including phenoxy) is 1. The molecule has 1 amide bonds. The molecule has 170 valence electrons. The van der Waals surface area contributed by atoms with E-state index in [2.05, 4.69) is 20.0 Å². The number of nitrogens with zero attached hydrogens (tertiary/aromatic N) is 2. The average Bonchev–Trinajstić information content (AvgIpc) is 2.69. The van der Waals surface area contributed by atoms with E-state index in [4.69, 9.17) is 0 Å². The zero-order valence-electron chi connectivity index (χ0n) is 18.1. The van der Waals surface area contributed by atoms with Crippen molar-refractivity contribution in [2.24, 2.45) is 5.92 Å². The molecule has 0 atom stereocenters. The number of rotatable bonds is 7. The minimum absolute atomic E-state index is 0.0212. The number of halogens is 2. The lowest BCUT2D eigenvalue weighted by Crippen LogP contribution is -2.33. The van der Waals surface area contributed by atoms with Crippen LogP contribution < -0.4 is 21.3 Å². The predicted molar refractivity (Wildman–Crippen MR) is 117 cm³/mol. The molecule has 0 bridgehead atoms. The Balaban J connectivity index is 2.16. The van der Waals surface area contributed by atoms with E-state index in [1.807, 2.05) is 27.7 Å². The zero-order chi connectivity index (χ0) is 23.6. The van der Waals surface area contributed by atoms with Crippen LogP contribution in [0.4, 0.5) is 14.5 Å². The van der Waals surface area contributed by atoms with Gasteiger partial charge in [0.1, 0.15) is 5.75 Å². The molecule has 3 rings (SSSR count). The molecule has 0 saturated heterocycles. The number of nitrogens with one attached hydrogen (secondary N) is 2. The van der Waals surface area contributed by atoms with Crippen LogP contribution in [0.1, 0.15) is 49.7 Å². The largest absolute Gasteiger partial charge is 0.435 e. The first-order chi connectivity index (χ1) is 15.1. The first kappa shape index (κ1) is 23.1. The van der Waals surface area contributed by atoms with Gasteiger partial charge in [0.15, 0.2) is 5.65 Å². The maximum atomic E-state index is 13.1. The van der Waals surface area contributed by atoms with Crippen molar-refractivity contribution >= 4 is 22.6 Å². The Morgan fingerprint density at radius 2 is 1.91 bits per heavy atom. The number of carbonyl (C=O) groups is 1. The van der Waals surface area contributed by atoms with Gasteiger partial charge in [0.05, 0.1) is 10.9 Å². The Morgan fingerprint density at radius 1 is 1.19 bits per heavy atom. The van der Waals surface area contributed by atoms with Crippen molar-refractivity contribution in [1.82, 2.24) is 14.5 Å². The Kier molecular flexibility index (Phi) is 6.71. The van der Waals surface area contributed by atoms with Gasteiger partial charge in [-0.05, 0) is 30.0 Å². The predicted octanol–water partition coefficient (Wildman–Crippen LogP) is 3.72. The van der Waals surface area contributed by atoms with Crippen molar-refractivity contribution in [3.05, 3.63) is 62.4 Å². The van der Waals surface area contributed by atoms with Crippen LogP contribution in [0.2, 0.25) is 0 Å². The van der Waals surface area contributed by atoms with Gasteiger partial charge in [-0.1, -0.05) is 33.8 Å². The number of pyridine rings is 1. The van der Waals surface area contributed by atoms with E-state index in [9.17, 15) is 23.2 Å². The molecule has 2 aromatic heterocycles. The first-order valence-corrected chi connectivity index (χ1v) is 10.1. The second-order valence-electron chi connectivity index (χ2n) is 8.07. The van der Waals surface area contributed by atoms with Gasteiger partial charge < -0.3 is 10.1 Å². The van der Waals surface area contributed by atoms with Gasteiger partial charge in [-0.3, -0.25) is 19.1 Å². The molecule has 0 spiro atoms. The van der Waals surface area contributed by atoms with Gasteiger partial charge in [-0.2, -0.15) is 8.78 Å². The maximum absolute atomic E-state index is 13.1. The van der Waals surface area contributed by atoms with Crippen LogP contribution in [0, 0.1) is 5.92 Å². The molecule has 3 aromatic rings. The van der Waals surface area contributed by atoms with Crippen LogP contribution >= 0.6 is 0 Å². The summed E-state index contributed by atoms with van der Waals surface area (Å²) < 4.78 is 30.7. The summed E-state index contributed by atoms with van der Waals surface area (Å²) >= 11 is 0. The highest BCUT2D eigenvalue weighted by Gasteiger charge is 2.21. The van der Waals surface area contributed by atoms with E-state index < -0.39 is 23.8 Å². The molecule has 8 nitrogen and oxygen atoms in total. The van der Waals surface area contributed by atoms with Gasteiger partial charge >= 0.3 is 12.3 Å². The smallest absolute Gasteiger partial charge is 0.387 e. The van der Waals surface area contributed by atoms with Gasteiger partial charge in [-0.25, -0.2) is 9.78 Å². The molecule has 1 aromatic carbocycles. The van der Waals surface area contributed by atoms with Crippen LogP contribution in [0.3, 0.4) is 0 Å². The van der Waals surface area contributed by atoms with Crippen LogP contribution in [-0.2, 0) is 6.54 Å². The van der Waals surface area contributed by atoms with E-state index in [1.165, 1.54) is 34.9 Å². The topological polar surface area (TPSA) is 106 Å². The van der Waals surface area contributed by atoms with E-state index >= 15 is 0 Å². The summed E-state index contributed by atoms with van der Waals surface area (Å²) in [5.41, 5.74) is -0.451. The highest BCUT2D eigenvalue weighted by Crippen LogP contribution is 2.23. The molecular weight excluding hydrogens is 422 g/mol. The molecular formula is C22H24F2N4O4. The third-order valence-electron chi connectivity index (χ3n) is 4.67. The minimum atomic E-state index is -3.00. The second-order valence-corrected chi connectivity index (χ2v) is 8.07. The number of aromatic nitrogens is 3. The molecule has 0 aliphatic carbocycles. The Hall–Kier alpha value is -3.56. The summed E-state index contributed by atoms with van der Waals surface area (Å²) in [6.45, 7) is 4.87. The fourth-order valence-corrected chi connectivity index (χ4v) is 3.25. The maximum Gasteiger partial charge on any atom is 0.387 e. The molecule has 0 radical (unpaired) electrons. The number of hydrogen-bond acceptors (Lipinski definition) is 5. The third kappa shape index (κ3) is 5.01. The van der Waals surface area contributed by atoms with Crippen molar-refractivity contribution in [2.45, 2.75) is 46.8 Å². The lowest BCUT2D eigenvalue weighted by atomic mass is 10.0. The number of fused-ring (bicyclic) bond motifs is 1. The van der Waals surface area contributed by atoms with E-state index in [-0.39, 0.29) is 39.9 Å². The molecule has 0 aliphatic rings. The van der Waals surface area contributed by atoms with Gasteiger partial charge in [0.2, 0.25) is 0 Å². The monoisotopic (exact) mass is 446 g/mol. The second kappa shape index (κ2) is 9.29. The molecule has 2 heterocycles. The Bertz CT molecular complexity index is 1270. The molecule has 10 heteroatoms. The normalized spacial score (nSPS) is 11.5. The van der Waals surface area contributed by atoms with Crippen molar-refractivity contribution in [1.29, 1.82) is 0 Å². The van der Waals surface area contributed by atoms with Crippen LogP contribution in [0.25, 0.3) is 11.0 Å². The Morgan fingerprint density at radius 3 is 2.53 bits per heavy atom. The molecule has 0 aliphatic heterocycles. The quantitative estimate of drug-likeness (QED) is 0.575. The third-order valence-corrected chi connectivity index (χ3v) is 4.67. The number of anilines is 1. The van der Waals surface area contributed by atoms with E-state index in [1.54, 1.807) is 0 Å². The summed E-state index contributed by atoms with van der Waals surface area (Å²) in [6, 6.07) is 7.03. The van der Waals surface area contributed by atoms with Gasteiger partial charge in [0, 0.05) is 24.0 Å². The zero-order valence-corrected chi connectivity index (χ0v) is 18.1. The van der Waals surface area contributed by atoms with Crippen molar-refractivity contribution in [3.8, 4) is 5.75 Å². The fraction of sp³-hybridized carbons (Fsp3) is 0.364. The summed E-state index contributed by atoms with van der Waals surface area (Å²) in [6.07, 6.45) is 0. The van der Waals surface area contributed by atoms with Crippen LogP contribution in [0.15, 0.2) is 39.9 Å². The number of benzene rings is 1. The van der Waals surface area contributed by atoms with Gasteiger partial charge in [0.25, 0.3) is 11.5 Å². The number of aromatic amines is 1. The number of carbonyl (C=O) groups excluding carboxylic acids is 1. The first-order valence-electron chi connectivity index (χ1n) is 10.1. The lowest BCUT2D eigenvalue weighted by molar-refractivity contribution is -0.0498. The van der Waals surface area contributed by atoms with Gasteiger partial charge in [-0.15, -0.1) is 0 Å². The molecule has 0 saturated carbocycles. The van der Waals surface area contributed by atoms with E-state index in [0.717, 1.165) is 0 Å². The summed E-state index contributed by atoms with van der Waals surface area (Å²) in [4.78, 5) is 45.0. The Labute approximate surface area is 182 Å². The van der Waals surface area contributed by atoms with Crippen molar-refractivity contribution < 1.29 is 18.3 Å². The summed E-state index contributed by atoms with van der Waals surface area (Å²) in [5.74, 6) is -0.769. The van der Waals surface area contributed by atoms with Crippen LogP contribution in [-0.4, -0.2) is 27.1 Å². The number of hydrogen-bond donors (Lipinski definition) is 2. The molecule has 32 heavy (non-hydrogen) atoms. The molecule has 0 fully saturated rings. The average molecular weight is 446 g/mol. The lowest BCUT2D eigenvalue weighted by Gasteiger charge is -2.16. The van der Waals surface area contributed by atoms with E-state index in [0.29, 0.717) is 12.2 Å². The fourth-order valence-electron chi connectivity index (χ4n) is 3.25. The molecule has 2 N–H and O–H groups in total. The number of amides is 1. The SMILES string of the molecule is CC(C)Cn1c(=O)[nH]c(=O)c2c(C(=O)Nc3cccc(OC(F)F)c3)cc(C(C)C)nc21. The number of H-pyrrole nitrogens is 1. The molecule has 0 unspecified atom stereocenters. The highest BCUT2D eigenvalue weighted by atomic mass is 19.3. The minimum Gasteiger partial charge on any atom is -0.435 e. The number of alkyl halides is 2.